The van der Waals surface area contributed by atoms with Crippen molar-refractivity contribution in [2.75, 3.05) is 25.0 Å². The maximum absolute atomic E-state index is 12.0. The molecule has 0 radical (unpaired) electrons. The fourth-order valence-corrected chi connectivity index (χ4v) is 2.53. The molecule has 6 heteroatoms. The number of hydrogen-bond donors (Lipinski definition) is 2. The Morgan fingerprint density at radius 3 is 2.33 bits per heavy atom. The van der Waals surface area contributed by atoms with Crippen LogP contribution in [-0.4, -0.2) is 48.6 Å². The molecule has 6 nitrogen and oxygen atoms in total. The zero-order valence-electron chi connectivity index (χ0n) is 12.3. The third-order valence-electron chi connectivity index (χ3n) is 3.32. The first-order valence-corrected chi connectivity index (χ1v) is 7.01. The summed E-state index contributed by atoms with van der Waals surface area (Å²) in [5.41, 5.74) is 6.24. The molecule has 1 heterocycles. The number of anilines is 1. The Morgan fingerprint density at radius 2 is 1.81 bits per heavy atom. The first-order chi connectivity index (χ1) is 9.94. The molecule has 1 aliphatic heterocycles. The molecule has 0 aliphatic carbocycles. The number of carbonyl (C=O) groups is 2. The summed E-state index contributed by atoms with van der Waals surface area (Å²) in [5, 5.41) is 2.81. The lowest BCUT2D eigenvalue weighted by atomic mass is 10.2. The summed E-state index contributed by atoms with van der Waals surface area (Å²) >= 11 is 0. The first kappa shape index (κ1) is 15.5. The van der Waals surface area contributed by atoms with Gasteiger partial charge in [-0.15, -0.1) is 0 Å². The van der Waals surface area contributed by atoms with Crippen LogP contribution in [0, 0.1) is 0 Å². The van der Waals surface area contributed by atoms with E-state index in [4.69, 9.17) is 10.5 Å². The number of nitrogens with one attached hydrogen (secondary N) is 1. The van der Waals surface area contributed by atoms with Gasteiger partial charge in [0.15, 0.2) is 0 Å². The number of amides is 2. The lowest BCUT2D eigenvalue weighted by Gasteiger charge is -2.34. The van der Waals surface area contributed by atoms with Gasteiger partial charge in [-0.05, 0) is 38.1 Å². The van der Waals surface area contributed by atoms with Gasteiger partial charge < -0.3 is 15.8 Å². The second-order valence-electron chi connectivity index (χ2n) is 5.44. The average Bonchev–Trinajstić information content (AvgIpc) is 2.37. The normalized spacial score (nSPS) is 22.8. The predicted octanol–water partition coefficient (Wildman–Crippen LogP) is 0.833. The Balaban J connectivity index is 1.88. The van der Waals surface area contributed by atoms with Gasteiger partial charge in [0.1, 0.15) is 0 Å². The molecule has 2 atom stereocenters. The standard InChI is InChI=1S/C15H21N3O3/c1-10-7-18(8-11(2)21-10)9-14(19)17-13-5-3-12(4-6-13)15(16)20/h3-6,10-11H,7-9H2,1-2H3,(H2,16,20)(H,17,19)/t10-,11+. The number of benzene rings is 1. The molecule has 0 bridgehead atoms. The largest absolute Gasteiger partial charge is 0.373 e. The SMILES string of the molecule is C[C@@H]1CN(CC(=O)Nc2ccc(C(N)=O)cc2)C[C@H](C)O1. The number of nitrogens with zero attached hydrogens (tertiary/aromatic N) is 1. The number of hydrogen-bond acceptors (Lipinski definition) is 4. The molecule has 1 aromatic rings. The van der Waals surface area contributed by atoms with E-state index in [0.717, 1.165) is 13.1 Å². The fraction of sp³-hybridized carbons (Fsp3) is 0.467. The number of rotatable bonds is 4. The van der Waals surface area contributed by atoms with E-state index in [0.29, 0.717) is 17.8 Å². The van der Waals surface area contributed by atoms with Crippen molar-refractivity contribution in [2.45, 2.75) is 26.1 Å². The number of nitrogens with two attached hydrogens (primary N) is 1. The van der Waals surface area contributed by atoms with Crippen LogP contribution in [0.2, 0.25) is 0 Å². The molecule has 2 rings (SSSR count). The van der Waals surface area contributed by atoms with E-state index in [1.807, 2.05) is 13.8 Å². The van der Waals surface area contributed by atoms with Gasteiger partial charge >= 0.3 is 0 Å². The Labute approximate surface area is 124 Å². The minimum absolute atomic E-state index is 0.0804. The molecule has 3 N–H and O–H groups in total. The third kappa shape index (κ3) is 4.54. The molecule has 1 aromatic carbocycles. The van der Waals surface area contributed by atoms with Crippen LogP contribution >= 0.6 is 0 Å². The Hall–Kier alpha value is -1.92. The zero-order chi connectivity index (χ0) is 15.4. The molecule has 0 unspecified atom stereocenters. The van der Waals surface area contributed by atoms with Gasteiger partial charge in [0.2, 0.25) is 11.8 Å². The summed E-state index contributed by atoms with van der Waals surface area (Å²) in [6, 6.07) is 6.53. The zero-order valence-corrected chi connectivity index (χ0v) is 12.3. The maximum atomic E-state index is 12.0. The Morgan fingerprint density at radius 1 is 1.24 bits per heavy atom. The van der Waals surface area contributed by atoms with Crippen molar-refractivity contribution in [1.82, 2.24) is 4.90 Å². The van der Waals surface area contributed by atoms with E-state index in [-0.39, 0.29) is 18.1 Å². The van der Waals surface area contributed by atoms with E-state index in [1.54, 1.807) is 24.3 Å². The van der Waals surface area contributed by atoms with Gasteiger partial charge in [0, 0.05) is 24.3 Å². The number of morpholine rings is 1. The Kier molecular flexibility index (Phi) is 4.93. The van der Waals surface area contributed by atoms with Crippen LogP contribution in [-0.2, 0) is 9.53 Å². The molecular weight excluding hydrogens is 270 g/mol. The van der Waals surface area contributed by atoms with Gasteiger partial charge in [0.25, 0.3) is 0 Å². The lowest BCUT2D eigenvalue weighted by molar-refractivity contribution is -0.121. The van der Waals surface area contributed by atoms with Crippen LogP contribution < -0.4 is 11.1 Å². The van der Waals surface area contributed by atoms with Gasteiger partial charge in [-0.1, -0.05) is 0 Å². The van der Waals surface area contributed by atoms with Crippen molar-refractivity contribution in [1.29, 1.82) is 0 Å². The molecular formula is C15H21N3O3. The summed E-state index contributed by atoms with van der Waals surface area (Å²) in [5.74, 6) is -0.563. The van der Waals surface area contributed by atoms with Crippen LogP contribution in [0.5, 0.6) is 0 Å². The summed E-state index contributed by atoms with van der Waals surface area (Å²) in [7, 11) is 0. The molecule has 0 aromatic heterocycles. The average molecular weight is 291 g/mol. The number of ether oxygens (including phenoxy) is 1. The minimum Gasteiger partial charge on any atom is -0.373 e. The summed E-state index contributed by atoms with van der Waals surface area (Å²) in [6.45, 7) is 5.83. The second-order valence-corrected chi connectivity index (χ2v) is 5.44. The second kappa shape index (κ2) is 6.69. The minimum atomic E-state index is -0.482. The summed E-state index contributed by atoms with van der Waals surface area (Å²) in [4.78, 5) is 25.1. The lowest BCUT2D eigenvalue weighted by Crippen LogP contribution is -2.48. The summed E-state index contributed by atoms with van der Waals surface area (Å²) < 4.78 is 5.63. The van der Waals surface area contributed by atoms with Gasteiger partial charge in [-0.25, -0.2) is 0 Å². The van der Waals surface area contributed by atoms with Crippen LogP contribution in [0.1, 0.15) is 24.2 Å². The highest BCUT2D eigenvalue weighted by Crippen LogP contribution is 2.12. The van der Waals surface area contributed by atoms with Crippen LogP contribution in [0.15, 0.2) is 24.3 Å². The number of carbonyl (C=O) groups excluding carboxylic acids is 2. The van der Waals surface area contributed by atoms with Crippen molar-refractivity contribution in [2.24, 2.45) is 5.73 Å². The van der Waals surface area contributed by atoms with Crippen molar-refractivity contribution >= 4 is 17.5 Å². The van der Waals surface area contributed by atoms with Crippen molar-refractivity contribution in [3.63, 3.8) is 0 Å². The molecule has 0 saturated carbocycles. The van der Waals surface area contributed by atoms with Gasteiger partial charge in [-0.2, -0.15) is 0 Å². The van der Waals surface area contributed by atoms with Crippen molar-refractivity contribution in [3.8, 4) is 0 Å². The van der Waals surface area contributed by atoms with Crippen molar-refractivity contribution < 1.29 is 14.3 Å². The number of primary amides is 1. The van der Waals surface area contributed by atoms with Crippen molar-refractivity contribution in [3.05, 3.63) is 29.8 Å². The van der Waals surface area contributed by atoms with Gasteiger partial charge in [-0.3, -0.25) is 14.5 Å². The van der Waals surface area contributed by atoms with Gasteiger partial charge in [0.05, 0.1) is 18.8 Å². The predicted molar refractivity (Wildman–Crippen MR) is 80.0 cm³/mol. The topological polar surface area (TPSA) is 84.7 Å². The first-order valence-electron chi connectivity index (χ1n) is 7.01. The fourth-order valence-electron chi connectivity index (χ4n) is 2.53. The highest BCUT2D eigenvalue weighted by Gasteiger charge is 2.23. The monoisotopic (exact) mass is 291 g/mol. The molecule has 1 saturated heterocycles. The van der Waals surface area contributed by atoms with Crippen LogP contribution in [0.3, 0.4) is 0 Å². The molecule has 2 amide bonds. The highest BCUT2D eigenvalue weighted by atomic mass is 16.5. The molecule has 114 valence electrons. The third-order valence-corrected chi connectivity index (χ3v) is 3.32. The van der Waals surface area contributed by atoms with Crippen LogP contribution in [0.25, 0.3) is 0 Å². The maximum Gasteiger partial charge on any atom is 0.248 e. The van der Waals surface area contributed by atoms with E-state index >= 15 is 0 Å². The summed E-state index contributed by atoms with van der Waals surface area (Å²) in [6.07, 6.45) is 0.271. The molecule has 1 aliphatic rings. The van der Waals surface area contributed by atoms with E-state index in [9.17, 15) is 9.59 Å². The molecule has 21 heavy (non-hydrogen) atoms. The van der Waals surface area contributed by atoms with E-state index < -0.39 is 5.91 Å². The van der Waals surface area contributed by atoms with E-state index in [2.05, 4.69) is 10.2 Å². The van der Waals surface area contributed by atoms with Crippen LogP contribution in [0.4, 0.5) is 5.69 Å². The van der Waals surface area contributed by atoms with E-state index in [1.165, 1.54) is 0 Å². The Bertz CT molecular complexity index is 505. The molecule has 0 spiro atoms. The smallest absolute Gasteiger partial charge is 0.248 e. The highest BCUT2D eigenvalue weighted by molar-refractivity contribution is 5.95. The quantitative estimate of drug-likeness (QED) is 0.860. The molecule has 1 fully saturated rings.